The molecule has 1 nitrogen and oxygen atoms in total. The molecule has 1 aliphatic rings. The molecule has 0 aromatic carbocycles. The Balaban J connectivity index is 2.86. The maximum absolute atomic E-state index is 3.54. The molecule has 0 bridgehead atoms. The van der Waals surface area contributed by atoms with Crippen LogP contribution in [0.4, 0.5) is 0 Å². The molecular weight excluding hydrogens is 158 g/mol. The maximum atomic E-state index is 3.54. The van der Waals surface area contributed by atoms with Gasteiger partial charge in [-0.15, -0.1) is 0 Å². The molecule has 1 unspecified atom stereocenters. The van der Waals surface area contributed by atoms with Crippen LogP contribution in [0.3, 0.4) is 0 Å². The van der Waals surface area contributed by atoms with E-state index in [1.165, 1.54) is 25.7 Å². The third-order valence-corrected chi connectivity index (χ3v) is 4.14. The zero-order valence-corrected chi connectivity index (χ0v) is 9.91. The monoisotopic (exact) mass is 183 g/mol. The minimum absolute atomic E-state index is 0.470. The summed E-state index contributed by atoms with van der Waals surface area (Å²) in [7, 11) is 2.12. The second-order valence-electron chi connectivity index (χ2n) is 5.57. The lowest BCUT2D eigenvalue weighted by Crippen LogP contribution is -2.53. The van der Waals surface area contributed by atoms with Gasteiger partial charge in [-0.2, -0.15) is 0 Å². The fourth-order valence-corrected chi connectivity index (χ4v) is 3.30. The van der Waals surface area contributed by atoms with Gasteiger partial charge in [0.1, 0.15) is 0 Å². The van der Waals surface area contributed by atoms with E-state index >= 15 is 0 Å². The summed E-state index contributed by atoms with van der Waals surface area (Å²) in [5, 5.41) is 3.54. The van der Waals surface area contributed by atoms with Crippen LogP contribution in [0.15, 0.2) is 0 Å². The molecule has 0 saturated heterocycles. The predicted molar refractivity (Wildman–Crippen MR) is 58.9 cm³/mol. The highest BCUT2D eigenvalue weighted by Crippen LogP contribution is 2.47. The summed E-state index contributed by atoms with van der Waals surface area (Å²) in [5.74, 6) is 0. The summed E-state index contributed by atoms with van der Waals surface area (Å²) in [5.41, 5.74) is 0.980. The first-order valence-electron chi connectivity index (χ1n) is 5.63. The molecule has 1 aliphatic carbocycles. The lowest BCUT2D eigenvalue weighted by atomic mass is 9.59. The highest BCUT2D eigenvalue weighted by molar-refractivity contribution is 4.99. The van der Waals surface area contributed by atoms with E-state index in [0.29, 0.717) is 16.9 Å². The first-order valence-corrected chi connectivity index (χ1v) is 5.63. The van der Waals surface area contributed by atoms with Crippen LogP contribution in [-0.4, -0.2) is 13.1 Å². The van der Waals surface area contributed by atoms with Gasteiger partial charge in [-0.3, -0.25) is 0 Å². The zero-order chi connectivity index (χ0) is 10.1. The smallest absolute Gasteiger partial charge is 0.0169 e. The Morgan fingerprint density at radius 2 is 1.85 bits per heavy atom. The van der Waals surface area contributed by atoms with Crippen molar-refractivity contribution in [3.63, 3.8) is 0 Å². The van der Waals surface area contributed by atoms with Crippen molar-refractivity contribution < 1.29 is 0 Å². The standard InChI is InChI=1S/C12H25N/c1-6-12(4)9-7-8-11(2,3)10(12)13-5/h10,13H,6-9H2,1-5H3/t10-,12?/m0/s1. The molecule has 13 heavy (non-hydrogen) atoms. The summed E-state index contributed by atoms with van der Waals surface area (Å²) in [6.45, 7) is 9.57. The van der Waals surface area contributed by atoms with E-state index in [-0.39, 0.29) is 0 Å². The van der Waals surface area contributed by atoms with Crippen LogP contribution in [0.5, 0.6) is 0 Å². The Morgan fingerprint density at radius 1 is 1.23 bits per heavy atom. The molecule has 1 rings (SSSR count). The van der Waals surface area contributed by atoms with E-state index in [1.54, 1.807) is 0 Å². The van der Waals surface area contributed by atoms with E-state index in [0.717, 1.165) is 0 Å². The molecule has 1 fully saturated rings. The quantitative estimate of drug-likeness (QED) is 0.693. The average Bonchev–Trinajstić information content (AvgIpc) is 2.03. The van der Waals surface area contributed by atoms with Crippen LogP contribution in [0.1, 0.15) is 53.4 Å². The second kappa shape index (κ2) is 3.61. The average molecular weight is 183 g/mol. The van der Waals surface area contributed by atoms with Gasteiger partial charge in [0.2, 0.25) is 0 Å². The largest absolute Gasteiger partial charge is 0.316 e. The lowest BCUT2D eigenvalue weighted by Gasteiger charge is -2.50. The summed E-state index contributed by atoms with van der Waals surface area (Å²) in [6.07, 6.45) is 5.45. The minimum atomic E-state index is 0.470. The van der Waals surface area contributed by atoms with Crippen molar-refractivity contribution in [1.82, 2.24) is 5.32 Å². The van der Waals surface area contributed by atoms with Crippen molar-refractivity contribution in [3.05, 3.63) is 0 Å². The van der Waals surface area contributed by atoms with Crippen molar-refractivity contribution in [2.45, 2.75) is 59.4 Å². The van der Waals surface area contributed by atoms with Gasteiger partial charge in [0.15, 0.2) is 0 Å². The molecule has 0 spiro atoms. The van der Waals surface area contributed by atoms with Crippen LogP contribution in [0.2, 0.25) is 0 Å². The molecular formula is C12H25N. The SMILES string of the molecule is CCC1(C)CCCC(C)(C)[C@@H]1NC. The summed E-state index contributed by atoms with van der Waals surface area (Å²) in [6, 6.07) is 0.679. The van der Waals surface area contributed by atoms with Gasteiger partial charge in [-0.05, 0) is 37.1 Å². The minimum Gasteiger partial charge on any atom is -0.316 e. The Labute approximate surface area is 83.3 Å². The number of hydrogen-bond donors (Lipinski definition) is 1. The molecule has 0 aliphatic heterocycles. The molecule has 1 saturated carbocycles. The number of rotatable bonds is 2. The highest BCUT2D eigenvalue weighted by Gasteiger charge is 2.44. The third-order valence-electron chi connectivity index (χ3n) is 4.14. The third kappa shape index (κ3) is 1.90. The highest BCUT2D eigenvalue weighted by atomic mass is 14.9. The molecule has 0 aromatic heterocycles. The normalized spacial score (nSPS) is 39.0. The van der Waals surface area contributed by atoms with Crippen LogP contribution in [-0.2, 0) is 0 Å². The van der Waals surface area contributed by atoms with Crippen LogP contribution in [0, 0.1) is 10.8 Å². The molecule has 0 amide bonds. The molecule has 78 valence electrons. The van der Waals surface area contributed by atoms with Crippen molar-refractivity contribution in [2.24, 2.45) is 10.8 Å². The first kappa shape index (κ1) is 11.0. The van der Waals surface area contributed by atoms with Gasteiger partial charge >= 0.3 is 0 Å². The van der Waals surface area contributed by atoms with Crippen LogP contribution < -0.4 is 5.32 Å². The summed E-state index contributed by atoms with van der Waals surface area (Å²) >= 11 is 0. The summed E-state index contributed by atoms with van der Waals surface area (Å²) < 4.78 is 0. The van der Waals surface area contributed by atoms with Gasteiger partial charge in [0.05, 0.1) is 0 Å². The number of hydrogen-bond acceptors (Lipinski definition) is 1. The predicted octanol–water partition coefficient (Wildman–Crippen LogP) is 3.20. The molecule has 2 atom stereocenters. The molecule has 1 N–H and O–H groups in total. The summed E-state index contributed by atoms with van der Waals surface area (Å²) in [4.78, 5) is 0. The lowest BCUT2D eigenvalue weighted by molar-refractivity contribution is 0.0385. The molecule has 0 aromatic rings. The molecule has 0 heterocycles. The fraction of sp³-hybridized carbons (Fsp3) is 1.00. The van der Waals surface area contributed by atoms with Crippen molar-refractivity contribution in [2.75, 3.05) is 7.05 Å². The van der Waals surface area contributed by atoms with Gasteiger partial charge in [0.25, 0.3) is 0 Å². The molecule has 0 radical (unpaired) electrons. The van der Waals surface area contributed by atoms with Crippen molar-refractivity contribution in [1.29, 1.82) is 0 Å². The Kier molecular flexibility index (Phi) is 3.06. The van der Waals surface area contributed by atoms with E-state index in [4.69, 9.17) is 0 Å². The van der Waals surface area contributed by atoms with E-state index < -0.39 is 0 Å². The van der Waals surface area contributed by atoms with Gasteiger partial charge in [-0.1, -0.05) is 34.1 Å². The topological polar surface area (TPSA) is 12.0 Å². The van der Waals surface area contributed by atoms with Gasteiger partial charge in [-0.25, -0.2) is 0 Å². The van der Waals surface area contributed by atoms with Crippen molar-refractivity contribution in [3.8, 4) is 0 Å². The Morgan fingerprint density at radius 3 is 2.23 bits per heavy atom. The Hall–Kier alpha value is -0.0400. The Bertz CT molecular complexity index is 174. The van der Waals surface area contributed by atoms with Gasteiger partial charge in [0, 0.05) is 6.04 Å². The van der Waals surface area contributed by atoms with E-state index in [2.05, 4.69) is 40.1 Å². The second-order valence-corrected chi connectivity index (χ2v) is 5.57. The number of nitrogens with one attached hydrogen (secondary N) is 1. The van der Waals surface area contributed by atoms with E-state index in [9.17, 15) is 0 Å². The first-order chi connectivity index (χ1) is 5.96. The fourth-order valence-electron chi connectivity index (χ4n) is 3.30. The van der Waals surface area contributed by atoms with Crippen LogP contribution >= 0.6 is 0 Å². The van der Waals surface area contributed by atoms with Gasteiger partial charge < -0.3 is 5.32 Å². The molecule has 1 heteroatoms. The van der Waals surface area contributed by atoms with E-state index in [1.807, 2.05) is 0 Å². The van der Waals surface area contributed by atoms with Crippen LogP contribution in [0.25, 0.3) is 0 Å². The van der Waals surface area contributed by atoms with Crippen molar-refractivity contribution >= 4 is 0 Å². The maximum Gasteiger partial charge on any atom is 0.0169 e. The zero-order valence-electron chi connectivity index (χ0n) is 9.91.